The first kappa shape index (κ1) is 44.4. The Morgan fingerprint density at radius 2 is 1.51 bits per heavy atom. The summed E-state index contributed by atoms with van der Waals surface area (Å²) in [4.78, 5) is 8.05. The Labute approximate surface area is 432 Å². The van der Waals surface area contributed by atoms with Gasteiger partial charge in [-0.3, -0.25) is 0 Å². The van der Waals surface area contributed by atoms with E-state index in [0.29, 0.717) is 29.6 Å². The zero-order valence-corrected chi connectivity index (χ0v) is 42.2. The summed E-state index contributed by atoms with van der Waals surface area (Å²) in [5.41, 5.74) is 15.2. The largest absolute Gasteiger partial charge is 0.338 e. The highest BCUT2D eigenvalue weighted by Gasteiger charge is 2.41. The lowest BCUT2D eigenvalue weighted by Gasteiger charge is -2.43. The van der Waals surface area contributed by atoms with Gasteiger partial charge in [0.2, 0.25) is 0 Å². The van der Waals surface area contributed by atoms with Crippen LogP contribution >= 0.6 is 0 Å². The summed E-state index contributed by atoms with van der Waals surface area (Å²) in [6.07, 6.45) is 61.8. The standard InChI is InChI=1S/C69H66N4/c1-69(44-14-3-15-45-69)73-67-29-13-11-27-60(67)62-47-56(41-43-68(62)73)71(64-31-17-21-51-19-7-9-25-58(51)64)54-38-34-49(35-39-54)48-32-36-53(37-33-48)70(63-30-16-20-50-18-6-8-24-57(50)63)55-40-42-66-61(46-55)59-26-10-12-28-65(59)72(66)52-22-4-2-5-23-52/h2-4,6,8-18,20-22,24-32,34,36,38-44,48-49,51,53,56,58,61H,5,7,19,23,33,35,37,45-47H2,1H3. The van der Waals surface area contributed by atoms with Gasteiger partial charge in [0, 0.05) is 80.1 Å². The van der Waals surface area contributed by atoms with Crippen LogP contribution in [0.3, 0.4) is 0 Å². The number of anilines is 2. The molecule has 0 spiro atoms. The third-order valence-corrected chi connectivity index (χ3v) is 18.0. The minimum Gasteiger partial charge on any atom is -0.338 e. The fraction of sp³-hybridized carbons (Fsp3) is 0.275. The number of benzene rings is 4. The van der Waals surface area contributed by atoms with Crippen LogP contribution in [0.2, 0.25) is 0 Å². The van der Waals surface area contributed by atoms with Crippen LogP contribution in [0.25, 0.3) is 27.8 Å². The van der Waals surface area contributed by atoms with Crippen molar-refractivity contribution in [3.05, 3.63) is 258 Å². The Morgan fingerprint density at radius 1 is 0.616 bits per heavy atom. The molecule has 1 aliphatic heterocycles. The second kappa shape index (κ2) is 18.3. The van der Waals surface area contributed by atoms with Gasteiger partial charge in [0.05, 0.1) is 17.6 Å². The van der Waals surface area contributed by atoms with Crippen molar-refractivity contribution >= 4 is 39.1 Å². The van der Waals surface area contributed by atoms with Gasteiger partial charge in [-0.1, -0.05) is 164 Å². The van der Waals surface area contributed by atoms with E-state index in [9.17, 15) is 0 Å². The number of hydrogen-bond donors (Lipinski definition) is 0. The Balaban J connectivity index is 0.766. The lowest BCUT2D eigenvalue weighted by molar-refractivity contribution is 0.299. The van der Waals surface area contributed by atoms with Crippen LogP contribution in [0.4, 0.5) is 11.4 Å². The topological polar surface area (TPSA) is 14.7 Å². The molecular weight excluding hydrogens is 885 g/mol. The Bertz CT molecular complexity index is 3450. The molecule has 0 bridgehead atoms. The van der Waals surface area contributed by atoms with Crippen molar-refractivity contribution in [2.24, 2.45) is 23.7 Å². The molecule has 2 heterocycles. The number of fused-ring (bicyclic) bond motifs is 8. The molecule has 4 nitrogen and oxygen atoms in total. The normalized spacial score (nSPS) is 28.5. The number of nitrogens with zero attached hydrogens (tertiary/aromatic N) is 4. The summed E-state index contributed by atoms with van der Waals surface area (Å²) in [7, 11) is 0. The number of para-hydroxylation sites is 2. The number of hydrogen-bond acceptors (Lipinski definition) is 3. The van der Waals surface area contributed by atoms with E-state index < -0.39 is 0 Å². The maximum Gasteiger partial charge on any atom is 0.0643 e. The van der Waals surface area contributed by atoms with Crippen molar-refractivity contribution in [3.8, 4) is 0 Å². The van der Waals surface area contributed by atoms with Crippen molar-refractivity contribution < 1.29 is 0 Å². The van der Waals surface area contributed by atoms with Crippen LogP contribution in [0.5, 0.6) is 0 Å². The lowest BCUT2D eigenvalue weighted by Crippen LogP contribution is -2.40. The van der Waals surface area contributed by atoms with E-state index in [-0.39, 0.29) is 17.6 Å². The van der Waals surface area contributed by atoms with Crippen LogP contribution in [0.1, 0.15) is 87.4 Å². The van der Waals surface area contributed by atoms with Crippen molar-refractivity contribution in [2.45, 2.75) is 94.7 Å². The summed E-state index contributed by atoms with van der Waals surface area (Å²) < 4.78 is 2.63. The number of rotatable bonds is 9. The van der Waals surface area contributed by atoms with Crippen LogP contribution in [0, 0.1) is 23.7 Å². The maximum atomic E-state index is 2.75. The molecular formula is C69H66N4. The van der Waals surface area contributed by atoms with Crippen LogP contribution in [0.15, 0.2) is 241 Å². The van der Waals surface area contributed by atoms with Crippen molar-refractivity contribution in [2.75, 3.05) is 9.80 Å². The smallest absolute Gasteiger partial charge is 0.0643 e. The molecule has 8 unspecified atom stereocenters. The molecule has 362 valence electrons. The molecule has 0 amide bonds. The first-order valence-electron chi connectivity index (χ1n) is 27.6. The highest BCUT2D eigenvalue weighted by molar-refractivity contribution is 5.95. The molecule has 73 heavy (non-hydrogen) atoms. The third-order valence-electron chi connectivity index (χ3n) is 18.0. The van der Waals surface area contributed by atoms with Gasteiger partial charge in [0.1, 0.15) is 0 Å². The first-order chi connectivity index (χ1) is 36.1. The predicted octanol–water partition coefficient (Wildman–Crippen LogP) is 16.6. The summed E-state index contributed by atoms with van der Waals surface area (Å²) in [6.45, 7) is 2.40. The van der Waals surface area contributed by atoms with E-state index in [0.717, 1.165) is 57.8 Å². The van der Waals surface area contributed by atoms with Crippen molar-refractivity contribution in [3.63, 3.8) is 0 Å². The highest BCUT2D eigenvalue weighted by Crippen LogP contribution is 2.53. The summed E-state index contributed by atoms with van der Waals surface area (Å²) in [6, 6.07) is 34.7. The second-order valence-electron chi connectivity index (χ2n) is 22.2. The average Bonchev–Trinajstić information content (AvgIpc) is 3.97. The lowest BCUT2D eigenvalue weighted by atomic mass is 9.77. The van der Waals surface area contributed by atoms with Crippen LogP contribution in [-0.4, -0.2) is 21.6 Å². The van der Waals surface area contributed by atoms with Gasteiger partial charge >= 0.3 is 0 Å². The Hall–Kier alpha value is -7.30. The molecule has 5 aromatic rings. The van der Waals surface area contributed by atoms with Crippen LogP contribution < -0.4 is 9.80 Å². The molecule has 0 saturated carbocycles. The van der Waals surface area contributed by atoms with Gasteiger partial charge in [-0.2, -0.15) is 0 Å². The predicted molar refractivity (Wildman–Crippen MR) is 306 cm³/mol. The average molecular weight is 951 g/mol. The minimum atomic E-state index is -0.106. The van der Waals surface area contributed by atoms with E-state index >= 15 is 0 Å². The zero-order valence-electron chi connectivity index (χ0n) is 42.2. The molecule has 8 aliphatic carbocycles. The van der Waals surface area contributed by atoms with E-state index in [1.165, 1.54) is 84.8 Å². The molecule has 4 aromatic carbocycles. The van der Waals surface area contributed by atoms with E-state index in [2.05, 4.69) is 245 Å². The summed E-state index contributed by atoms with van der Waals surface area (Å²) >= 11 is 0. The van der Waals surface area contributed by atoms with Crippen molar-refractivity contribution in [1.82, 2.24) is 9.47 Å². The quantitative estimate of drug-likeness (QED) is 0.137. The zero-order chi connectivity index (χ0) is 48.5. The third kappa shape index (κ3) is 7.62. The van der Waals surface area contributed by atoms with Crippen molar-refractivity contribution in [1.29, 1.82) is 0 Å². The van der Waals surface area contributed by atoms with Crippen LogP contribution in [-0.2, 0) is 12.0 Å². The van der Waals surface area contributed by atoms with Gasteiger partial charge in [-0.15, -0.1) is 0 Å². The van der Waals surface area contributed by atoms with Gasteiger partial charge in [-0.05, 0) is 154 Å². The minimum absolute atomic E-state index is 0.106. The molecule has 1 aromatic heterocycles. The SMILES string of the molecule is CC1(n2c3c(c4ccccc42)CC(N(C2=CCC(C4C=CC(N(C5=CC=C6C(C5)c5ccccc5N6C5=CC=CCC5)c5cccc6ccccc56)CC4)C=C2)C2=CC=CC4CCC=CC24)C=C3)C=CC=CC1. The van der Waals surface area contributed by atoms with Gasteiger partial charge in [0.15, 0.2) is 0 Å². The van der Waals surface area contributed by atoms with E-state index in [4.69, 9.17) is 0 Å². The highest BCUT2D eigenvalue weighted by atomic mass is 15.2. The monoisotopic (exact) mass is 951 g/mol. The molecule has 8 atom stereocenters. The number of aromatic nitrogens is 1. The molecule has 0 radical (unpaired) electrons. The molecule has 9 aliphatic rings. The van der Waals surface area contributed by atoms with E-state index in [1.54, 1.807) is 0 Å². The van der Waals surface area contributed by atoms with Gasteiger partial charge in [0.25, 0.3) is 0 Å². The number of allylic oxidation sites excluding steroid dienone is 21. The molecule has 14 rings (SSSR count). The van der Waals surface area contributed by atoms with E-state index in [1.807, 2.05) is 0 Å². The molecule has 0 fully saturated rings. The summed E-state index contributed by atoms with van der Waals surface area (Å²) in [5, 5.41) is 4.01. The Morgan fingerprint density at radius 3 is 2.37 bits per heavy atom. The van der Waals surface area contributed by atoms with Gasteiger partial charge < -0.3 is 19.3 Å². The van der Waals surface area contributed by atoms with Gasteiger partial charge in [-0.25, -0.2) is 0 Å². The maximum absolute atomic E-state index is 2.75. The summed E-state index contributed by atoms with van der Waals surface area (Å²) in [5.74, 6) is 2.20. The molecule has 0 N–H and O–H groups in total. The first-order valence-corrected chi connectivity index (χ1v) is 27.6. The fourth-order valence-corrected chi connectivity index (χ4v) is 14.4. The Kier molecular flexibility index (Phi) is 11.1. The second-order valence-corrected chi connectivity index (χ2v) is 22.2. The molecule has 4 heteroatoms. The fourth-order valence-electron chi connectivity index (χ4n) is 14.4. The molecule has 0 saturated heterocycles.